The lowest BCUT2D eigenvalue weighted by Gasteiger charge is -2.28. The molecule has 0 fully saturated rings. The molecule has 0 bridgehead atoms. The summed E-state index contributed by atoms with van der Waals surface area (Å²) < 4.78 is 33.9. The Labute approximate surface area is 158 Å². The molecule has 0 aromatic heterocycles. The van der Waals surface area contributed by atoms with Gasteiger partial charge in [0.05, 0.1) is 22.8 Å². The highest BCUT2D eigenvalue weighted by atomic mass is 32.2. The van der Waals surface area contributed by atoms with Crippen LogP contribution in [0.5, 0.6) is 5.75 Å². The molecule has 1 amide bonds. The summed E-state index contributed by atoms with van der Waals surface area (Å²) in [4.78, 5) is 15.5. The molecule has 2 aliphatic heterocycles. The van der Waals surface area contributed by atoms with Gasteiger partial charge in [0, 0.05) is 26.2 Å². The Balaban J connectivity index is 1.62. The van der Waals surface area contributed by atoms with E-state index in [0.29, 0.717) is 25.3 Å². The van der Waals surface area contributed by atoms with Gasteiger partial charge in [0.2, 0.25) is 5.91 Å². The van der Waals surface area contributed by atoms with Crippen LogP contribution in [0.15, 0.2) is 41.3 Å². The summed E-state index contributed by atoms with van der Waals surface area (Å²) in [5, 5.41) is 0. The van der Waals surface area contributed by atoms with Gasteiger partial charge in [0.1, 0.15) is 12.4 Å². The second-order valence-electron chi connectivity index (χ2n) is 6.77. The van der Waals surface area contributed by atoms with Gasteiger partial charge in [-0.25, -0.2) is 8.42 Å². The maximum Gasteiger partial charge on any atom is 0.261 e. The maximum atomic E-state index is 12.8. The minimum Gasteiger partial charge on any atom is -0.490 e. The van der Waals surface area contributed by atoms with Crippen molar-refractivity contribution in [1.82, 2.24) is 0 Å². The number of nitrogens with zero attached hydrogens (tertiary/aromatic N) is 2. The highest BCUT2D eigenvalue weighted by Crippen LogP contribution is 2.35. The number of anilines is 3. The predicted octanol–water partition coefficient (Wildman–Crippen LogP) is 2.22. The molecule has 2 aromatic rings. The topological polar surface area (TPSA) is 79.0 Å². The molecule has 2 aliphatic rings. The van der Waals surface area contributed by atoms with E-state index in [1.165, 1.54) is 13.0 Å². The molecule has 0 saturated heterocycles. The van der Waals surface area contributed by atoms with Crippen LogP contribution in [0.4, 0.5) is 17.1 Å². The number of sulfonamides is 1. The fourth-order valence-corrected chi connectivity index (χ4v) is 4.60. The monoisotopic (exact) mass is 387 g/mol. The van der Waals surface area contributed by atoms with Crippen LogP contribution < -0.4 is 19.3 Å². The van der Waals surface area contributed by atoms with Crippen LogP contribution in [0.3, 0.4) is 0 Å². The molecule has 0 unspecified atom stereocenters. The van der Waals surface area contributed by atoms with E-state index in [0.717, 1.165) is 29.2 Å². The smallest absolute Gasteiger partial charge is 0.261 e. The van der Waals surface area contributed by atoms with Gasteiger partial charge in [-0.3, -0.25) is 9.52 Å². The molecule has 0 atom stereocenters. The number of hydrogen-bond acceptors (Lipinski definition) is 5. The number of likely N-dealkylation sites (N-methyl/N-ethyl adjacent to an activating group) is 1. The highest BCUT2D eigenvalue weighted by molar-refractivity contribution is 7.92. The van der Waals surface area contributed by atoms with Crippen molar-refractivity contribution in [3.8, 4) is 5.75 Å². The molecule has 2 heterocycles. The van der Waals surface area contributed by atoms with Crippen LogP contribution >= 0.6 is 0 Å². The maximum absolute atomic E-state index is 12.8. The van der Waals surface area contributed by atoms with Gasteiger partial charge >= 0.3 is 0 Å². The Morgan fingerprint density at radius 1 is 1.11 bits per heavy atom. The van der Waals surface area contributed by atoms with Crippen LogP contribution in [0.1, 0.15) is 12.5 Å². The first-order valence-electron chi connectivity index (χ1n) is 8.77. The zero-order valence-electron chi connectivity index (χ0n) is 15.2. The average molecular weight is 387 g/mol. The van der Waals surface area contributed by atoms with Crippen LogP contribution in [0.25, 0.3) is 0 Å². The van der Waals surface area contributed by atoms with Gasteiger partial charge in [-0.2, -0.15) is 0 Å². The fraction of sp³-hybridized carbons (Fsp3) is 0.316. The molecule has 0 spiro atoms. The van der Waals surface area contributed by atoms with Crippen LogP contribution in [0, 0.1) is 0 Å². The summed E-state index contributed by atoms with van der Waals surface area (Å²) in [7, 11) is -1.78. The molecule has 4 rings (SSSR count). The van der Waals surface area contributed by atoms with Gasteiger partial charge in [0.25, 0.3) is 10.0 Å². The second kappa shape index (κ2) is 6.45. The van der Waals surface area contributed by atoms with E-state index in [9.17, 15) is 13.2 Å². The number of carbonyl (C=O) groups is 1. The second-order valence-corrected chi connectivity index (χ2v) is 8.45. The molecule has 1 N–H and O–H groups in total. The number of benzene rings is 2. The number of nitrogens with one attached hydrogen (secondary N) is 1. The van der Waals surface area contributed by atoms with E-state index in [1.54, 1.807) is 35.2 Å². The average Bonchev–Trinajstić information content (AvgIpc) is 3.05. The highest BCUT2D eigenvalue weighted by Gasteiger charge is 2.25. The van der Waals surface area contributed by atoms with Crippen molar-refractivity contribution >= 4 is 33.0 Å². The Hall–Kier alpha value is -2.74. The molecule has 2 aromatic carbocycles. The molecule has 0 radical (unpaired) electrons. The van der Waals surface area contributed by atoms with Crippen molar-refractivity contribution in [2.45, 2.75) is 18.2 Å². The zero-order valence-corrected chi connectivity index (χ0v) is 16.0. The first kappa shape index (κ1) is 17.7. The summed E-state index contributed by atoms with van der Waals surface area (Å²) in [6.45, 7) is 3.46. The van der Waals surface area contributed by atoms with Crippen molar-refractivity contribution in [3.05, 3.63) is 42.0 Å². The standard InChI is InChI=1S/C19H21N3O4S/c1-13(23)22-8-7-14-11-16(4-5-17(14)22)27(24,25)20-15-3-6-19-18(12-15)21(2)9-10-26-19/h3-6,11-12,20H,7-10H2,1-2H3. The van der Waals surface area contributed by atoms with E-state index >= 15 is 0 Å². The predicted molar refractivity (Wildman–Crippen MR) is 104 cm³/mol. The summed E-state index contributed by atoms with van der Waals surface area (Å²) in [5.74, 6) is 0.705. The van der Waals surface area contributed by atoms with Gasteiger partial charge in [-0.1, -0.05) is 0 Å². The third-order valence-electron chi connectivity index (χ3n) is 4.94. The van der Waals surface area contributed by atoms with Crippen LogP contribution in [-0.4, -0.2) is 41.1 Å². The van der Waals surface area contributed by atoms with Crippen LogP contribution in [-0.2, 0) is 21.2 Å². The SMILES string of the molecule is CC(=O)N1CCc2cc(S(=O)(=O)Nc3ccc4c(c3)N(C)CCO4)ccc21. The number of amides is 1. The molecule has 27 heavy (non-hydrogen) atoms. The van der Waals surface area contributed by atoms with Gasteiger partial charge in [-0.15, -0.1) is 0 Å². The Kier molecular flexibility index (Phi) is 4.22. The molecule has 142 valence electrons. The first-order chi connectivity index (χ1) is 12.8. The number of hydrogen-bond donors (Lipinski definition) is 1. The molecule has 0 saturated carbocycles. The Morgan fingerprint density at radius 2 is 1.93 bits per heavy atom. The molecular weight excluding hydrogens is 366 g/mol. The fourth-order valence-electron chi connectivity index (χ4n) is 3.50. The normalized spacial score (nSPS) is 15.8. The molecule has 0 aliphatic carbocycles. The van der Waals surface area contributed by atoms with E-state index in [1.807, 2.05) is 11.9 Å². The van der Waals surface area contributed by atoms with E-state index in [-0.39, 0.29) is 10.8 Å². The van der Waals surface area contributed by atoms with E-state index < -0.39 is 10.0 Å². The van der Waals surface area contributed by atoms with Gasteiger partial charge in [0.15, 0.2) is 0 Å². The van der Waals surface area contributed by atoms with Gasteiger partial charge < -0.3 is 14.5 Å². The molecular formula is C19H21N3O4S. The van der Waals surface area contributed by atoms with Gasteiger partial charge in [-0.05, 0) is 48.4 Å². The molecule has 8 heteroatoms. The van der Waals surface area contributed by atoms with Crippen molar-refractivity contribution < 1.29 is 17.9 Å². The van der Waals surface area contributed by atoms with E-state index in [4.69, 9.17) is 4.74 Å². The molecule has 7 nitrogen and oxygen atoms in total. The zero-order chi connectivity index (χ0) is 19.2. The Morgan fingerprint density at radius 3 is 2.70 bits per heavy atom. The third kappa shape index (κ3) is 3.21. The van der Waals surface area contributed by atoms with E-state index in [2.05, 4.69) is 4.72 Å². The minimum absolute atomic E-state index is 0.0390. The van der Waals surface area contributed by atoms with Crippen molar-refractivity contribution in [3.63, 3.8) is 0 Å². The lowest BCUT2D eigenvalue weighted by Crippen LogP contribution is -2.28. The third-order valence-corrected chi connectivity index (χ3v) is 6.32. The minimum atomic E-state index is -3.73. The summed E-state index contributed by atoms with van der Waals surface area (Å²) in [5.41, 5.74) is 2.99. The van der Waals surface area contributed by atoms with Crippen molar-refractivity contribution in [2.75, 3.05) is 41.3 Å². The lowest BCUT2D eigenvalue weighted by molar-refractivity contribution is -0.116. The largest absolute Gasteiger partial charge is 0.490 e. The summed E-state index contributed by atoms with van der Waals surface area (Å²) >= 11 is 0. The summed E-state index contributed by atoms with van der Waals surface area (Å²) in [6, 6.07) is 10.1. The lowest BCUT2D eigenvalue weighted by atomic mass is 10.2. The van der Waals surface area contributed by atoms with Crippen molar-refractivity contribution in [1.29, 1.82) is 0 Å². The number of carbonyl (C=O) groups excluding carboxylic acids is 1. The number of fused-ring (bicyclic) bond motifs is 2. The quantitative estimate of drug-likeness (QED) is 0.874. The number of rotatable bonds is 3. The summed E-state index contributed by atoms with van der Waals surface area (Å²) in [6.07, 6.45) is 0.652. The first-order valence-corrected chi connectivity index (χ1v) is 10.3. The number of ether oxygens (including phenoxy) is 1. The van der Waals surface area contributed by atoms with Crippen molar-refractivity contribution in [2.24, 2.45) is 0 Å². The van der Waals surface area contributed by atoms with Crippen LogP contribution in [0.2, 0.25) is 0 Å². The Bertz CT molecular complexity index is 1020.